The van der Waals surface area contributed by atoms with Gasteiger partial charge in [-0.3, -0.25) is 4.79 Å². The second kappa shape index (κ2) is 5.30. The third kappa shape index (κ3) is 2.57. The highest BCUT2D eigenvalue weighted by Gasteiger charge is 2.11. The van der Waals surface area contributed by atoms with Crippen molar-refractivity contribution in [3.63, 3.8) is 0 Å². The molecule has 1 amide bonds. The molecule has 0 saturated heterocycles. The van der Waals surface area contributed by atoms with Gasteiger partial charge in [0.1, 0.15) is 5.76 Å². The lowest BCUT2D eigenvalue weighted by molar-refractivity contribution is 0.0995. The van der Waals surface area contributed by atoms with E-state index in [4.69, 9.17) is 4.42 Å². The summed E-state index contributed by atoms with van der Waals surface area (Å²) >= 11 is 3.23. The highest BCUT2D eigenvalue weighted by molar-refractivity contribution is 8.00. The van der Waals surface area contributed by atoms with Crippen LogP contribution in [0.15, 0.2) is 39.1 Å². The average Bonchev–Trinajstić information content (AvgIpc) is 3.03. The molecule has 4 nitrogen and oxygen atoms in total. The third-order valence-corrected chi connectivity index (χ3v) is 4.77. The Morgan fingerprint density at radius 1 is 1.35 bits per heavy atom. The average molecular weight is 304 g/mol. The molecule has 0 atom stereocenters. The lowest BCUT2D eigenvalue weighted by atomic mass is 10.3. The van der Waals surface area contributed by atoms with Crippen LogP contribution in [0.4, 0.5) is 5.69 Å². The van der Waals surface area contributed by atoms with Gasteiger partial charge in [-0.25, -0.2) is 4.98 Å². The van der Waals surface area contributed by atoms with Gasteiger partial charge in [0, 0.05) is 5.69 Å². The molecule has 2 aromatic heterocycles. The number of aryl methyl sites for hydroxylation is 1. The number of hydrogen-bond acceptors (Lipinski definition) is 5. The summed E-state index contributed by atoms with van der Waals surface area (Å²) in [4.78, 5) is 16.5. The first-order valence-electron chi connectivity index (χ1n) is 5.98. The summed E-state index contributed by atoms with van der Waals surface area (Å²) in [5, 5.41) is 2.83. The zero-order valence-electron chi connectivity index (χ0n) is 11.0. The van der Waals surface area contributed by atoms with Crippen LogP contribution in [0.2, 0.25) is 0 Å². The molecule has 2 heterocycles. The molecule has 0 saturated carbocycles. The lowest BCUT2D eigenvalue weighted by Gasteiger charge is -2.02. The van der Waals surface area contributed by atoms with Crippen molar-refractivity contribution in [1.82, 2.24) is 4.98 Å². The van der Waals surface area contributed by atoms with E-state index < -0.39 is 0 Å². The number of carbonyl (C=O) groups is 1. The van der Waals surface area contributed by atoms with Crippen LogP contribution >= 0.6 is 23.1 Å². The van der Waals surface area contributed by atoms with Crippen LogP contribution in [0.25, 0.3) is 10.2 Å². The highest BCUT2D eigenvalue weighted by atomic mass is 32.2. The predicted octanol–water partition coefficient (Wildman–Crippen LogP) is 4.17. The van der Waals surface area contributed by atoms with Crippen LogP contribution in [0.3, 0.4) is 0 Å². The van der Waals surface area contributed by atoms with Crippen LogP contribution in [-0.2, 0) is 0 Å². The molecule has 0 radical (unpaired) electrons. The second-order valence-electron chi connectivity index (χ2n) is 4.23. The number of aromatic nitrogens is 1. The van der Waals surface area contributed by atoms with Gasteiger partial charge in [0.05, 0.1) is 10.2 Å². The zero-order valence-corrected chi connectivity index (χ0v) is 12.6. The molecule has 0 aliphatic heterocycles. The highest BCUT2D eigenvalue weighted by Crippen LogP contribution is 2.30. The smallest absolute Gasteiger partial charge is 0.291 e. The van der Waals surface area contributed by atoms with E-state index in [-0.39, 0.29) is 5.91 Å². The predicted molar refractivity (Wildman–Crippen MR) is 82.8 cm³/mol. The number of amides is 1. The molecule has 1 aromatic carbocycles. The third-order valence-electron chi connectivity index (χ3n) is 2.77. The van der Waals surface area contributed by atoms with E-state index in [1.165, 1.54) is 0 Å². The molecular formula is C14H12N2O2S2. The number of furan rings is 1. The van der Waals surface area contributed by atoms with Crippen molar-refractivity contribution in [2.24, 2.45) is 0 Å². The normalized spacial score (nSPS) is 10.9. The van der Waals surface area contributed by atoms with Crippen molar-refractivity contribution in [3.05, 3.63) is 41.9 Å². The number of thioether (sulfide) groups is 1. The number of benzene rings is 1. The minimum absolute atomic E-state index is 0.243. The van der Waals surface area contributed by atoms with Crippen LogP contribution < -0.4 is 5.32 Å². The number of thiazole rings is 1. The molecule has 0 spiro atoms. The fourth-order valence-corrected chi connectivity index (χ4v) is 3.35. The summed E-state index contributed by atoms with van der Waals surface area (Å²) in [6.07, 6.45) is 2.00. The van der Waals surface area contributed by atoms with Crippen LogP contribution in [0.1, 0.15) is 16.3 Å². The monoisotopic (exact) mass is 304 g/mol. The molecule has 0 aliphatic rings. The molecule has 0 fully saturated rings. The molecule has 20 heavy (non-hydrogen) atoms. The first kappa shape index (κ1) is 13.2. The quantitative estimate of drug-likeness (QED) is 0.738. The lowest BCUT2D eigenvalue weighted by Crippen LogP contribution is -2.10. The van der Waals surface area contributed by atoms with Gasteiger partial charge >= 0.3 is 0 Å². The number of nitrogens with one attached hydrogen (secondary N) is 1. The van der Waals surface area contributed by atoms with Crippen molar-refractivity contribution < 1.29 is 9.21 Å². The maximum atomic E-state index is 12.0. The van der Waals surface area contributed by atoms with Gasteiger partial charge in [-0.05, 0) is 43.5 Å². The molecule has 1 N–H and O–H groups in total. The summed E-state index contributed by atoms with van der Waals surface area (Å²) in [5.41, 5.74) is 1.69. The first-order valence-corrected chi connectivity index (χ1v) is 8.02. The van der Waals surface area contributed by atoms with Crippen molar-refractivity contribution in [2.75, 3.05) is 11.6 Å². The van der Waals surface area contributed by atoms with Crippen LogP contribution in [-0.4, -0.2) is 17.1 Å². The molecule has 0 aliphatic carbocycles. The van der Waals surface area contributed by atoms with Crippen LogP contribution in [0.5, 0.6) is 0 Å². The van der Waals surface area contributed by atoms with E-state index in [1.54, 1.807) is 35.2 Å². The number of rotatable bonds is 3. The molecule has 6 heteroatoms. The van der Waals surface area contributed by atoms with Gasteiger partial charge < -0.3 is 9.73 Å². The molecule has 0 bridgehead atoms. The number of carbonyl (C=O) groups excluding carboxylic acids is 1. The second-order valence-corrected chi connectivity index (χ2v) is 6.31. The van der Waals surface area contributed by atoms with Crippen LogP contribution in [0, 0.1) is 6.92 Å². The Bertz CT molecular complexity index is 776. The number of anilines is 1. The van der Waals surface area contributed by atoms with Gasteiger partial charge in [0.25, 0.3) is 5.91 Å². The van der Waals surface area contributed by atoms with Crippen molar-refractivity contribution in [1.29, 1.82) is 0 Å². The molecule has 3 rings (SSSR count). The molecular weight excluding hydrogens is 292 g/mol. The summed E-state index contributed by atoms with van der Waals surface area (Å²) in [7, 11) is 0. The summed E-state index contributed by atoms with van der Waals surface area (Å²) in [6, 6.07) is 9.13. The molecule has 0 unspecified atom stereocenters. The van der Waals surface area contributed by atoms with E-state index in [0.29, 0.717) is 5.76 Å². The maximum Gasteiger partial charge on any atom is 0.291 e. The van der Waals surface area contributed by atoms with Gasteiger partial charge in [-0.2, -0.15) is 0 Å². The van der Waals surface area contributed by atoms with E-state index in [2.05, 4.69) is 10.3 Å². The Morgan fingerprint density at radius 3 is 2.90 bits per heavy atom. The van der Waals surface area contributed by atoms with Gasteiger partial charge in [-0.15, -0.1) is 11.3 Å². The number of fused-ring (bicyclic) bond motifs is 1. The topological polar surface area (TPSA) is 55.1 Å². The standard InChI is InChI=1S/C14H12N2O2S2/c1-8-3-6-11(18-8)13(17)15-9-4-5-10-12(7-9)20-14(16-10)19-2/h3-7H,1-2H3,(H,15,17). The van der Waals surface area contributed by atoms with Crippen molar-refractivity contribution in [3.8, 4) is 0 Å². The number of hydrogen-bond donors (Lipinski definition) is 1. The Balaban J connectivity index is 1.85. The number of nitrogens with zero attached hydrogens (tertiary/aromatic N) is 1. The molecule has 102 valence electrons. The summed E-state index contributed by atoms with van der Waals surface area (Å²) in [5.74, 6) is 0.793. The van der Waals surface area contributed by atoms with E-state index in [9.17, 15) is 4.79 Å². The summed E-state index contributed by atoms with van der Waals surface area (Å²) < 4.78 is 7.38. The Hall–Kier alpha value is -1.79. The first-order chi connectivity index (χ1) is 9.65. The van der Waals surface area contributed by atoms with Crippen molar-refractivity contribution >= 4 is 44.9 Å². The maximum absolute atomic E-state index is 12.0. The summed E-state index contributed by atoms with van der Waals surface area (Å²) in [6.45, 7) is 1.81. The van der Waals surface area contributed by atoms with Gasteiger partial charge in [-0.1, -0.05) is 11.8 Å². The van der Waals surface area contributed by atoms with E-state index >= 15 is 0 Å². The fraction of sp³-hybridized carbons (Fsp3) is 0.143. The Morgan fingerprint density at radius 2 is 2.20 bits per heavy atom. The minimum Gasteiger partial charge on any atom is -0.456 e. The fourth-order valence-electron chi connectivity index (χ4n) is 1.82. The largest absolute Gasteiger partial charge is 0.456 e. The van der Waals surface area contributed by atoms with Gasteiger partial charge in [0.15, 0.2) is 10.1 Å². The molecule has 3 aromatic rings. The van der Waals surface area contributed by atoms with Gasteiger partial charge in [0.2, 0.25) is 0 Å². The van der Waals surface area contributed by atoms with E-state index in [1.807, 2.05) is 31.4 Å². The Kier molecular flexibility index (Phi) is 3.50. The van der Waals surface area contributed by atoms with E-state index in [0.717, 1.165) is 26.0 Å². The minimum atomic E-state index is -0.243. The zero-order chi connectivity index (χ0) is 14.1. The SMILES string of the molecule is CSc1nc2ccc(NC(=O)c3ccc(C)o3)cc2s1. The van der Waals surface area contributed by atoms with Crippen molar-refractivity contribution in [2.45, 2.75) is 11.3 Å². The Labute approximate surface area is 124 Å².